The Morgan fingerprint density at radius 2 is 1.90 bits per heavy atom. The molecule has 0 amide bonds. The molecule has 0 saturated carbocycles. The summed E-state index contributed by atoms with van der Waals surface area (Å²) in [7, 11) is 0. The molecule has 0 atom stereocenters. The van der Waals surface area contributed by atoms with Crippen molar-refractivity contribution in [3.63, 3.8) is 0 Å². The lowest BCUT2D eigenvalue weighted by molar-refractivity contribution is 0.576. The molecule has 1 N–H and O–H groups in total. The van der Waals surface area contributed by atoms with Crippen LogP contribution in [0.3, 0.4) is 0 Å². The lowest BCUT2D eigenvalue weighted by atomic mass is 10.1. The Labute approximate surface area is 129 Å². The average Bonchev–Trinajstić information content (AvgIpc) is 2.70. The highest BCUT2D eigenvalue weighted by Crippen LogP contribution is 2.17. The fraction of sp³-hybridized carbons (Fsp3) is 0.143. The van der Waals surface area contributed by atoms with Crippen molar-refractivity contribution in [2.24, 2.45) is 0 Å². The second-order valence-corrected chi connectivity index (χ2v) is 5.46. The predicted molar refractivity (Wildman–Crippen MR) is 80.0 cm³/mol. The first-order valence-corrected chi connectivity index (χ1v) is 7.00. The number of hydrogen-bond acceptors (Lipinski definition) is 2. The van der Waals surface area contributed by atoms with Crippen LogP contribution < -0.4 is 0 Å². The smallest absolute Gasteiger partial charge is 0.179 e. The SMILES string of the molecule is Fc1cc(F)cc(CCn2c(=S)[nH]c3cc(Cl)cnc32)c1. The van der Waals surface area contributed by atoms with Crippen LogP contribution in [0, 0.1) is 16.4 Å². The summed E-state index contributed by atoms with van der Waals surface area (Å²) in [6.07, 6.45) is 1.98. The minimum Gasteiger partial charge on any atom is -0.329 e. The topological polar surface area (TPSA) is 33.6 Å². The number of aromatic amines is 1. The zero-order chi connectivity index (χ0) is 15.0. The molecule has 0 aliphatic carbocycles. The lowest BCUT2D eigenvalue weighted by Gasteiger charge is -2.05. The van der Waals surface area contributed by atoms with E-state index in [9.17, 15) is 8.78 Å². The molecule has 0 aliphatic heterocycles. The number of benzene rings is 1. The summed E-state index contributed by atoms with van der Waals surface area (Å²) in [6, 6.07) is 5.21. The summed E-state index contributed by atoms with van der Waals surface area (Å²) in [6.45, 7) is 0.469. The summed E-state index contributed by atoms with van der Waals surface area (Å²) >= 11 is 11.1. The molecule has 0 saturated heterocycles. The van der Waals surface area contributed by atoms with Crippen molar-refractivity contribution in [2.45, 2.75) is 13.0 Å². The van der Waals surface area contributed by atoms with E-state index in [1.165, 1.54) is 18.3 Å². The molecular weight excluding hydrogens is 316 g/mol. The number of fused-ring (bicyclic) bond motifs is 1. The summed E-state index contributed by atoms with van der Waals surface area (Å²) in [5, 5.41) is 0.512. The maximum Gasteiger partial charge on any atom is 0.179 e. The maximum atomic E-state index is 13.2. The molecule has 2 heterocycles. The van der Waals surface area contributed by atoms with Gasteiger partial charge in [-0.3, -0.25) is 0 Å². The Kier molecular flexibility index (Phi) is 3.73. The molecule has 3 rings (SSSR count). The normalized spacial score (nSPS) is 11.2. The van der Waals surface area contributed by atoms with E-state index in [4.69, 9.17) is 23.8 Å². The van der Waals surface area contributed by atoms with Crippen LogP contribution in [0.15, 0.2) is 30.5 Å². The molecule has 0 fully saturated rings. The van der Waals surface area contributed by atoms with Gasteiger partial charge in [0, 0.05) is 18.8 Å². The Morgan fingerprint density at radius 1 is 1.19 bits per heavy atom. The van der Waals surface area contributed by atoms with Crippen molar-refractivity contribution in [3.8, 4) is 0 Å². The van der Waals surface area contributed by atoms with E-state index in [2.05, 4.69) is 9.97 Å². The zero-order valence-corrected chi connectivity index (χ0v) is 12.3. The number of H-pyrrole nitrogens is 1. The number of aryl methyl sites for hydroxylation is 2. The average molecular weight is 326 g/mol. The third-order valence-corrected chi connectivity index (χ3v) is 3.65. The Morgan fingerprint density at radius 3 is 2.62 bits per heavy atom. The highest BCUT2D eigenvalue weighted by Gasteiger charge is 2.07. The van der Waals surface area contributed by atoms with Crippen molar-refractivity contribution in [3.05, 3.63) is 57.5 Å². The number of halogens is 3. The molecule has 2 aromatic heterocycles. The molecule has 21 heavy (non-hydrogen) atoms. The highest BCUT2D eigenvalue weighted by atomic mass is 35.5. The van der Waals surface area contributed by atoms with E-state index < -0.39 is 11.6 Å². The van der Waals surface area contributed by atoms with Gasteiger partial charge in [0.25, 0.3) is 0 Å². The van der Waals surface area contributed by atoms with Gasteiger partial charge in [0.05, 0.1) is 10.5 Å². The van der Waals surface area contributed by atoms with Crippen LogP contribution in [-0.2, 0) is 13.0 Å². The fourth-order valence-corrected chi connectivity index (χ4v) is 2.67. The summed E-state index contributed by atoms with van der Waals surface area (Å²) in [4.78, 5) is 7.24. The van der Waals surface area contributed by atoms with E-state index in [-0.39, 0.29) is 0 Å². The molecule has 0 radical (unpaired) electrons. The van der Waals surface area contributed by atoms with Crippen LogP contribution in [0.2, 0.25) is 5.02 Å². The van der Waals surface area contributed by atoms with Gasteiger partial charge < -0.3 is 9.55 Å². The minimum atomic E-state index is -0.586. The van der Waals surface area contributed by atoms with Gasteiger partial charge in [-0.1, -0.05) is 11.6 Å². The Balaban J connectivity index is 1.91. The number of rotatable bonds is 3. The number of nitrogens with one attached hydrogen (secondary N) is 1. The first-order chi connectivity index (χ1) is 10.0. The second kappa shape index (κ2) is 5.54. The van der Waals surface area contributed by atoms with Gasteiger partial charge in [0.1, 0.15) is 11.6 Å². The van der Waals surface area contributed by atoms with E-state index in [0.717, 1.165) is 11.6 Å². The quantitative estimate of drug-likeness (QED) is 0.730. The van der Waals surface area contributed by atoms with Gasteiger partial charge in [0.15, 0.2) is 10.4 Å². The standard InChI is InChI=1S/C14H10ClF2N3S/c15-9-5-12-13(18-7-9)20(14(21)19-12)2-1-8-3-10(16)6-11(17)4-8/h3-7H,1-2H2,(H,19,21). The molecule has 108 valence electrons. The van der Waals surface area contributed by atoms with Crippen molar-refractivity contribution in [2.75, 3.05) is 0 Å². The van der Waals surface area contributed by atoms with Crippen LogP contribution in [0.5, 0.6) is 0 Å². The van der Waals surface area contributed by atoms with Crippen LogP contribution in [0.1, 0.15) is 5.56 Å². The first kappa shape index (κ1) is 14.2. The van der Waals surface area contributed by atoms with Gasteiger partial charge in [-0.25, -0.2) is 13.8 Å². The van der Waals surface area contributed by atoms with E-state index in [1.807, 2.05) is 0 Å². The summed E-state index contributed by atoms with van der Waals surface area (Å²) in [5.74, 6) is -1.17. The number of hydrogen-bond donors (Lipinski definition) is 1. The highest BCUT2D eigenvalue weighted by molar-refractivity contribution is 7.71. The van der Waals surface area contributed by atoms with Gasteiger partial charge in [-0.05, 0) is 42.4 Å². The van der Waals surface area contributed by atoms with Crippen molar-refractivity contribution in [1.82, 2.24) is 14.5 Å². The number of aromatic nitrogens is 3. The Hall–Kier alpha value is -1.79. The zero-order valence-electron chi connectivity index (χ0n) is 10.7. The molecular formula is C14H10ClF2N3S. The van der Waals surface area contributed by atoms with Crippen molar-refractivity contribution < 1.29 is 8.78 Å². The third kappa shape index (κ3) is 2.96. The molecule has 1 aromatic carbocycles. The molecule has 0 aliphatic rings. The second-order valence-electron chi connectivity index (χ2n) is 4.63. The number of imidazole rings is 1. The number of pyridine rings is 1. The predicted octanol–water partition coefficient (Wildman–Crippen LogP) is 4.27. The van der Waals surface area contributed by atoms with E-state index in [1.54, 1.807) is 10.6 Å². The molecule has 3 nitrogen and oxygen atoms in total. The van der Waals surface area contributed by atoms with Crippen molar-refractivity contribution >= 4 is 35.0 Å². The minimum absolute atomic E-state index is 0.445. The molecule has 3 aromatic rings. The van der Waals surface area contributed by atoms with Crippen LogP contribution in [0.25, 0.3) is 11.2 Å². The molecule has 0 bridgehead atoms. The summed E-state index contributed by atoms with van der Waals surface area (Å²) in [5.41, 5.74) is 1.97. The van der Waals surface area contributed by atoms with Crippen LogP contribution in [0.4, 0.5) is 8.78 Å². The lowest BCUT2D eigenvalue weighted by Crippen LogP contribution is -2.03. The van der Waals surface area contributed by atoms with Crippen LogP contribution in [-0.4, -0.2) is 14.5 Å². The molecule has 0 unspecified atom stereocenters. The maximum absolute atomic E-state index is 13.2. The largest absolute Gasteiger partial charge is 0.329 e. The number of nitrogens with zero attached hydrogens (tertiary/aromatic N) is 2. The van der Waals surface area contributed by atoms with Gasteiger partial charge in [-0.2, -0.15) is 0 Å². The first-order valence-electron chi connectivity index (χ1n) is 6.22. The van der Waals surface area contributed by atoms with Crippen LogP contribution >= 0.6 is 23.8 Å². The monoisotopic (exact) mass is 325 g/mol. The molecule has 0 spiro atoms. The third-order valence-electron chi connectivity index (χ3n) is 3.12. The fourth-order valence-electron chi connectivity index (χ4n) is 2.22. The molecule has 7 heteroatoms. The van der Waals surface area contributed by atoms with Gasteiger partial charge in [0.2, 0.25) is 0 Å². The van der Waals surface area contributed by atoms with E-state index in [0.29, 0.717) is 34.0 Å². The van der Waals surface area contributed by atoms with Gasteiger partial charge in [-0.15, -0.1) is 0 Å². The van der Waals surface area contributed by atoms with E-state index >= 15 is 0 Å². The summed E-state index contributed by atoms with van der Waals surface area (Å²) < 4.78 is 28.6. The Bertz CT molecular complexity index is 852. The van der Waals surface area contributed by atoms with Gasteiger partial charge >= 0.3 is 0 Å². The van der Waals surface area contributed by atoms with Crippen molar-refractivity contribution in [1.29, 1.82) is 0 Å².